The zero-order valence-corrected chi connectivity index (χ0v) is 10.6. The molecule has 1 rings (SSSR count). The number of aliphatic carboxylic acids is 1. The van der Waals surface area contributed by atoms with Crippen molar-refractivity contribution in [3.8, 4) is 0 Å². The predicted octanol–water partition coefficient (Wildman–Crippen LogP) is 1.58. The topological polar surface area (TPSA) is 89.6 Å². The molecule has 0 heterocycles. The van der Waals surface area contributed by atoms with Gasteiger partial charge in [0.1, 0.15) is 0 Å². The summed E-state index contributed by atoms with van der Waals surface area (Å²) in [7, 11) is 1.30. The number of benzene rings is 1. The molecule has 0 fully saturated rings. The van der Waals surface area contributed by atoms with Crippen LogP contribution in [0.25, 0.3) is 0 Å². The van der Waals surface area contributed by atoms with Gasteiger partial charge in [-0.2, -0.15) is 0 Å². The van der Waals surface area contributed by atoms with Crippen molar-refractivity contribution in [1.29, 1.82) is 0 Å². The van der Waals surface area contributed by atoms with E-state index in [1.807, 2.05) is 0 Å². The average molecular weight is 251 g/mol. The molecule has 0 aliphatic heterocycles. The summed E-state index contributed by atoms with van der Waals surface area (Å²) in [6, 6.07) is 5.77. The van der Waals surface area contributed by atoms with Crippen molar-refractivity contribution in [2.24, 2.45) is 11.1 Å². The zero-order valence-electron chi connectivity index (χ0n) is 10.6. The van der Waals surface area contributed by atoms with Crippen LogP contribution in [0.3, 0.4) is 0 Å². The lowest BCUT2D eigenvalue weighted by molar-refractivity contribution is -0.148. The lowest BCUT2D eigenvalue weighted by Crippen LogP contribution is -2.36. The Morgan fingerprint density at radius 2 is 1.78 bits per heavy atom. The van der Waals surface area contributed by atoms with Gasteiger partial charge >= 0.3 is 11.9 Å². The number of esters is 1. The maximum Gasteiger partial charge on any atom is 0.337 e. The summed E-state index contributed by atoms with van der Waals surface area (Å²) in [5, 5.41) is 9.10. The van der Waals surface area contributed by atoms with Crippen LogP contribution in [0.5, 0.6) is 0 Å². The maximum absolute atomic E-state index is 11.3. The lowest BCUT2D eigenvalue weighted by atomic mass is 9.81. The van der Waals surface area contributed by atoms with Gasteiger partial charge in [-0.15, -0.1) is 0 Å². The van der Waals surface area contributed by atoms with Crippen LogP contribution < -0.4 is 5.73 Å². The second-order valence-corrected chi connectivity index (χ2v) is 4.62. The van der Waals surface area contributed by atoms with Crippen molar-refractivity contribution >= 4 is 11.9 Å². The van der Waals surface area contributed by atoms with Gasteiger partial charge in [-0.1, -0.05) is 12.1 Å². The number of nitrogens with two attached hydrogens (primary N) is 1. The first-order chi connectivity index (χ1) is 8.30. The number of hydrogen-bond acceptors (Lipinski definition) is 4. The van der Waals surface area contributed by atoms with Crippen LogP contribution in [0.4, 0.5) is 0 Å². The molecular weight excluding hydrogens is 234 g/mol. The summed E-state index contributed by atoms with van der Waals surface area (Å²) in [6.07, 6.45) is 0. The van der Waals surface area contributed by atoms with Crippen LogP contribution in [-0.4, -0.2) is 24.2 Å². The van der Waals surface area contributed by atoms with Crippen LogP contribution in [0.1, 0.15) is 35.8 Å². The molecule has 18 heavy (non-hydrogen) atoms. The van der Waals surface area contributed by atoms with E-state index in [0.717, 1.165) is 0 Å². The molecule has 98 valence electrons. The molecule has 0 aromatic heterocycles. The molecule has 0 saturated carbocycles. The van der Waals surface area contributed by atoms with Crippen LogP contribution in [0.15, 0.2) is 24.3 Å². The van der Waals surface area contributed by atoms with Gasteiger partial charge in [0.05, 0.1) is 18.1 Å². The number of carboxylic acids is 1. The van der Waals surface area contributed by atoms with Gasteiger partial charge in [0, 0.05) is 6.04 Å². The molecule has 0 unspecified atom stereocenters. The SMILES string of the molecule is COC(=O)c1ccc([C@@H](N)C(C)(C)C(=O)O)cc1. The van der Waals surface area contributed by atoms with E-state index in [0.29, 0.717) is 11.1 Å². The summed E-state index contributed by atoms with van der Waals surface area (Å²) in [6.45, 7) is 3.13. The minimum Gasteiger partial charge on any atom is -0.481 e. The van der Waals surface area contributed by atoms with E-state index in [9.17, 15) is 9.59 Å². The van der Waals surface area contributed by atoms with Crippen LogP contribution >= 0.6 is 0 Å². The van der Waals surface area contributed by atoms with Crippen molar-refractivity contribution in [2.75, 3.05) is 7.11 Å². The summed E-state index contributed by atoms with van der Waals surface area (Å²) in [5.74, 6) is -1.40. The Morgan fingerprint density at radius 3 is 2.17 bits per heavy atom. The molecule has 0 radical (unpaired) electrons. The molecule has 0 bridgehead atoms. The van der Waals surface area contributed by atoms with Gasteiger partial charge in [0.25, 0.3) is 0 Å². The van der Waals surface area contributed by atoms with Gasteiger partial charge in [-0.05, 0) is 31.5 Å². The first-order valence-corrected chi connectivity index (χ1v) is 5.48. The summed E-state index contributed by atoms with van der Waals surface area (Å²) < 4.78 is 4.58. The third kappa shape index (κ3) is 2.68. The normalized spacial score (nSPS) is 12.9. The summed E-state index contributed by atoms with van der Waals surface area (Å²) in [5.41, 5.74) is 5.93. The number of carbonyl (C=O) groups is 2. The van der Waals surface area contributed by atoms with E-state index in [2.05, 4.69) is 4.74 Å². The predicted molar refractivity (Wildman–Crippen MR) is 66.1 cm³/mol. The molecular formula is C13H17NO4. The fourth-order valence-corrected chi connectivity index (χ4v) is 1.49. The summed E-state index contributed by atoms with van der Waals surface area (Å²) in [4.78, 5) is 22.4. The van der Waals surface area contributed by atoms with Crippen molar-refractivity contribution in [2.45, 2.75) is 19.9 Å². The van der Waals surface area contributed by atoms with E-state index in [1.54, 1.807) is 38.1 Å². The molecule has 5 heteroatoms. The summed E-state index contributed by atoms with van der Waals surface area (Å²) >= 11 is 0. The molecule has 1 aromatic rings. The van der Waals surface area contributed by atoms with E-state index >= 15 is 0 Å². The van der Waals surface area contributed by atoms with Gasteiger partial charge in [0.15, 0.2) is 0 Å². The first kappa shape index (κ1) is 14.2. The molecule has 0 aliphatic rings. The number of rotatable bonds is 4. The van der Waals surface area contributed by atoms with E-state index in [-0.39, 0.29) is 0 Å². The third-order valence-corrected chi connectivity index (χ3v) is 3.02. The van der Waals surface area contributed by atoms with Crippen LogP contribution in [0.2, 0.25) is 0 Å². The Bertz CT molecular complexity index is 451. The lowest BCUT2D eigenvalue weighted by Gasteiger charge is -2.27. The Kier molecular flexibility index (Phi) is 4.08. The monoisotopic (exact) mass is 251 g/mol. The number of carboxylic acid groups (broad SMARTS) is 1. The fourth-order valence-electron chi connectivity index (χ4n) is 1.49. The number of carbonyl (C=O) groups excluding carboxylic acids is 1. The highest BCUT2D eigenvalue weighted by Crippen LogP contribution is 2.31. The molecule has 3 N–H and O–H groups in total. The molecule has 0 saturated heterocycles. The Morgan fingerprint density at radius 1 is 1.28 bits per heavy atom. The largest absolute Gasteiger partial charge is 0.481 e. The highest BCUT2D eigenvalue weighted by atomic mass is 16.5. The maximum atomic E-state index is 11.3. The van der Waals surface area contributed by atoms with Crippen molar-refractivity contribution < 1.29 is 19.4 Å². The Balaban J connectivity index is 2.99. The van der Waals surface area contributed by atoms with Gasteiger partial charge in [-0.25, -0.2) is 4.79 Å². The van der Waals surface area contributed by atoms with Crippen molar-refractivity contribution in [3.05, 3.63) is 35.4 Å². The smallest absolute Gasteiger partial charge is 0.337 e. The van der Waals surface area contributed by atoms with E-state index in [1.165, 1.54) is 7.11 Å². The second kappa shape index (κ2) is 5.18. The van der Waals surface area contributed by atoms with Crippen molar-refractivity contribution in [1.82, 2.24) is 0 Å². The van der Waals surface area contributed by atoms with Gasteiger partial charge in [0.2, 0.25) is 0 Å². The van der Waals surface area contributed by atoms with Gasteiger partial charge in [-0.3, -0.25) is 4.79 Å². The first-order valence-electron chi connectivity index (χ1n) is 5.48. The van der Waals surface area contributed by atoms with E-state index in [4.69, 9.17) is 10.8 Å². The molecule has 1 atom stereocenters. The minimum atomic E-state index is -1.08. The highest BCUT2D eigenvalue weighted by molar-refractivity contribution is 5.89. The Labute approximate surface area is 106 Å². The second-order valence-electron chi connectivity index (χ2n) is 4.62. The zero-order chi connectivity index (χ0) is 13.9. The fraction of sp³-hybridized carbons (Fsp3) is 0.385. The van der Waals surface area contributed by atoms with Crippen molar-refractivity contribution in [3.63, 3.8) is 0 Å². The molecule has 5 nitrogen and oxygen atoms in total. The molecule has 0 amide bonds. The van der Waals surface area contributed by atoms with Gasteiger partial charge < -0.3 is 15.6 Å². The quantitative estimate of drug-likeness (QED) is 0.793. The molecule has 0 spiro atoms. The average Bonchev–Trinajstić information content (AvgIpc) is 2.36. The number of hydrogen-bond donors (Lipinski definition) is 2. The minimum absolute atomic E-state index is 0.404. The standard InChI is InChI=1S/C13H17NO4/c1-13(2,12(16)17)10(14)8-4-6-9(7-5-8)11(15)18-3/h4-7,10H,14H2,1-3H3,(H,16,17)/t10-/m1/s1. The van der Waals surface area contributed by atoms with Crippen LogP contribution in [-0.2, 0) is 9.53 Å². The number of ether oxygens (including phenoxy) is 1. The molecule has 0 aliphatic carbocycles. The highest BCUT2D eigenvalue weighted by Gasteiger charge is 2.35. The third-order valence-electron chi connectivity index (χ3n) is 3.02. The molecule has 1 aromatic carbocycles. The van der Waals surface area contributed by atoms with Crippen LogP contribution in [0, 0.1) is 5.41 Å². The van der Waals surface area contributed by atoms with E-state index < -0.39 is 23.4 Å². The number of methoxy groups -OCH3 is 1. The Hall–Kier alpha value is -1.88.